The number of hydrogen-bond acceptors (Lipinski definition) is 4. The van der Waals surface area contributed by atoms with Crippen LogP contribution in [-0.2, 0) is 6.42 Å². The third-order valence-electron chi connectivity index (χ3n) is 3.13. The Morgan fingerprint density at radius 3 is 2.80 bits per heavy atom. The summed E-state index contributed by atoms with van der Waals surface area (Å²) in [7, 11) is 0. The molecule has 0 radical (unpaired) electrons. The average Bonchev–Trinajstić information content (AvgIpc) is 2.88. The molecule has 4 nitrogen and oxygen atoms in total. The number of nitrogens with zero attached hydrogens (tertiary/aromatic N) is 2. The number of hydrogen-bond donors (Lipinski definition) is 1. The number of benzene rings is 1. The van der Waals surface area contributed by atoms with Crippen LogP contribution in [-0.4, -0.2) is 22.7 Å². The van der Waals surface area contributed by atoms with E-state index in [4.69, 9.17) is 4.52 Å². The van der Waals surface area contributed by atoms with Crippen molar-refractivity contribution in [1.82, 2.24) is 15.5 Å². The zero-order chi connectivity index (χ0) is 14.4. The molecule has 1 aromatic heterocycles. The number of nitrogens with one attached hydrogen (secondary N) is 1. The summed E-state index contributed by atoms with van der Waals surface area (Å²) in [4.78, 5) is 4.29. The van der Waals surface area contributed by atoms with Gasteiger partial charge in [0, 0.05) is 12.5 Å². The summed E-state index contributed by atoms with van der Waals surface area (Å²) < 4.78 is 18.9. The van der Waals surface area contributed by atoms with Crippen LogP contribution in [0.5, 0.6) is 0 Å². The monoisotopic (exact) mass is 277 g/mol. The lowest BCUT2D eigenvalue weighted by molar-refractivity contribution is 0.352. The fourth-order valence-corrected chi connectivity index (χ4v) is 2.21. The Hall–Kier alpha value is -1.75. The molecule has 2 rings (SSSR count). The third-order valence-corrected chi connectivity index (χ3v) is 3.13. The minimum atomic E-state index is -0.336. The van der Waals surface area contributed by atoms with Gasteiger partial charge in [-0.3, -0.25) is 0 Å². The van der Waals surface area contributed by atoms with Gasteiger partial charge < -0.3 is 9.84 Å². The lowest BCUT2D eigenvalue weighted by atomic mass is 10.1. The van der Waals surface area contributed by atoms with Crippen LogP contribution < -0.4 is 5.32 Å². The highest BCUT2D eigenvalue weighted by atomic mass is 19.1. The van der Waals surface area contributed by atoms with Crippen molar-refractivity contribution in [3.05, 3.63) is 36.0 Å². The highest BCUT2D eigenvalue weighted by Gasteiger charge is 2.15. The van der Waals surface area contributed by atoms with Gasteiger partial charge >= 0.3 is 0 Å². The summed E-state index contributed by atoms with van der Waals surface area (Å²) in [5.74, 6) is 0.518. The Balaban J connectivity index is 2.10. The van der Waals surface area contributed by atoms with E-state index < -0.39 is 0 Å². The summed E-state index contributed by atoms with van der Waals surface area (Å²) in [5, 5.41) is 7.26. The van der Waals surface area contributed by atoms with Crippen LogP contribution in [0.25, 0.3) is 11.4 Å². The topological polar surface area (TPSA) is 51.0 Å². The summed E-state index contributed by atoms with van der Waals surface area (Å²) in [5.41, 5.74) is 0.373. The Morgan fingerprint density at radius 1 is 1.30 bits per heavy atom. The lowest BCUT2D eigenvalue weighted by Crippen LogP contribution is -2.30. The van der Waals surface area contributed by atoms with Crippen molar-refractivity contribution >= 4 is 0 Å². The van der Waals surface area contributed by atoms with E-state index in [1.54, 1.807) is 18.2 Å². The van der Waals surface area contributed by atoms with Gasteiger partial charge in [0.25, 0.3) is 0 Å². The largest absolute Gasteiger partial charge is 0.339 e. The van der Waals surface area contributed by atoms with Crippen LogP contribution >= 0.6 is 0 Å². The molecule has 1 N–H and O–H groups in total. The van der Waals surface area contributed by atoms with Crippen LogP contribution in [0.3, 0.4) is 0 Å². The molecular weight excluding hydrogens is 257 g/mol. The molecule has 0 aliphatic heterocycles. The van der Waals surface area contributed by atoms with Gasteiger partial charge in [0.2, 0.25) is 11.7 Å². The second-order valence-electron chi connectivity index (χ2n) is 4.74. The van der Waals surface area contributed by atoms with Crippen molar-refractivity contribution in [1.29, 1.82) is 0 Å². The molecule has 1 atom stereocenters. The van der Waals surface area contributed by atoms with E-state index in [-0.39, 0.29) is 5.82 Å². The van der Waals surface area contributed by atoms with Crippen molar-refractivity contribution in [2.75, 3.05) is 6.54 Å². The standard InChI is InChI=1S/C15H20FN3O/c1-3-7-11(17-4-2)10-14-18-15(19-20-14)12-8-5-6-9-13(12)16/h5-6,8-9,11,17H,3-4,7,10H2,1-2H3. The Bertz CT molecular complexity index is 535. The highest BCUT2D eigenvalue weighted by molar-refractivity contribution is 5.54. The zero-order valence-electron chi connectivity index (χ0n) is 11.9. The maximum absolute atomic E-state index is 13.7. The van der Waals surface area contributed by atoms with Gasteiger partial charge in [-0.15, -0.1) is 0 Å². The minimum Gasteiger partial charge on any atom is -0.339 e. The van der Waals surface area contributed by atoms with Gasteiger partial charge in [-0.1, -0.05) is 37.6 Å². The molecule has 0 saturated heterocycles. The molecule has 0 spiro atoms. The molecule has 0 bridgehead atoms. The van der Waals surface area contributed by atoms with Crippen LogP contribution in [0.2, 0.25) is 0 Å². The van der Waals surface area contributed by atoms with E-state index in [9.17, 15) is 4.39 Å². The second-order valence-corrected chi connectivity index (χ2v) is 4.74. The van der Waals surface area contributed by atoms with E-state index in [1.807, 2.05) is 0 Å². The van der Waals surface area contributed by atoms with Gasteiger partial charge in [0.15, 0.2) is 0 Å². The number of likely N-dealkylation sites (N-methyl/N-ethyl adjacent to an activating group) is 1. The van der Waals surface area contributed by atoms with Crippen LogP contribution in [0, 0.1) is 5.82 Å². The number of rotatable bonds is 7. The predicted molar refractivity (Wildman–Crippen MR) is 75.8 cm³/mol. The molecule has 1 heterocycles. The van der Waals surface area contributed by atoms with E-state index in [0.717, 1.165) is 19.4 Å². The quantitative estimate of drug-likeness (QED) is 0.844. The molecule has 5 heteroatoms. The third kappa shape index (κ3) is 3.63. The first-order valence-corrected chi connectivity index (χ1v) is 7.05. The molecule has 0 fully saturated rings. The molecule has 0 saturated carbocycles. The summed E-state index contributed by atoms with van der Waals surface area (Å²) in [6.07, 6.45) is 2.81. The van der Waals surface area contributed by atoms with Crippen molar-refractivity contribution in [3.63, 3.8) is 0 Å². The van der Waals surface area contributed by atoms with Crippen molar-refractivity contribution < 1.29 is 8.91 Å². The number of halogens is 1. The van der Waals surface area contributed by atoms with Crippen LogP contribution in [0.4, 0.5) is 4.39 Å². The van der Waals surface area contributed by atoms with Gasteiger partial charge in [0.05, 0.1) is 5.56 Å². The number of aromatic nitrogens is 2. The fourth-order valence-electron chi connectivity index (χ4n) is 2.21. The zero-order valence-corrected chi connectivity index (χ0v) is 11.9. The second kappa shape index (κ2) is 7.14. The van der Waals surface area contributed by atoms with Crippen molar-refractivity contribution in [2.24, 2.45) is 0 Å². The SMILES string of the molecule is CCCC(Cc1nc(-c2ccccc2F)no1)NCC. The molecule has 0 amide bonds. The maximum Gasteiger partial charge on any atom is 0.228 e. The first-order chi connectivity index (χ1) is 9.74. The first-order valence-electron chi connectivity index (χ1n) is 7.05. The molecule has 0 aliphatic rings. The molecular formula is C15H20FN3O. The van der Waals surface area contributed by atoms with Crippen molar-refractivity contribution in [3.8, 4) is 11.4 Å². The smallest absolute Gasteiger partial charge is 0.228 e. The van der Waals surface area contributed by atoms with Crippen molar-refractivity contribution in [2.45, 2.75) is 39.2 Å². The normalized spacial score (nSPS) is 12.6. The molecule has 2 aromatic rings. The highest BCUT2D eigenvalue weighted by Crippen LogP contribution is 2.19. The summed E-state index contributed by atoms with van der Waals surface area (Å²) in [6.45, 7) is 5.11. The van der Waals surface area contributed by atoms with Gasteiger partial charge in [0.1, 0.15) is 5.82 Å². The maximum atomic E-state index is 13.7. The average molecular weight is 277 g/mol. The summed E-state index contributed by atoms with van der Waals surface area (Å²) in [6, 6.07) is 6.76. The molecule has 1 aromatic carbocycles. The molecule has 1 unspecified atom stereocenters. The Labute approximate surface area is 118 Å². The molecule has 0 aliphatic carbocycles. The van der Waals surface area contributed by atoms with E-state index in [1.165, 1.54) is 6.07 Å². The lowest BCUT2D eigenvalue weighted by Gasteiger charge is -2.14. The first kappa shape index (κ1) is 14.7. The molecule has 20 heavy (non-hydrogen) atoms. The predicted octanol–water partition coefficient (Wildman–Crippen LogP) is 3.20. The van der Waals surface area contributed by atoms with Gasteiger partial charge in [-0.05, 0) is 25.1 Å². The van der Waals surface area contributed by atoms with Gasteiger partial charge in [-0.2, -0.15) is 4.98 Å². The minimum absolute atomic E-state index is 0.310. The van der Waals surface area contributed by atoms with E-state index in [0.29, 0.717) is 29.7 Å². The van der Waals surface area contributed by atoms with E-state index >= 15 is 0 Å². The van der Waals surface area contributed by atoms with Crippen LogP contribution in [0.1, 0.15) is 32.6 Å². The Morgan fingerprint density at radius 2 is 2.10 bits per heavy atom. The fraction of sp³-hybridized carbons (Fsp3) is 0.467. The van der Waals surface area contributed by atoms with Gasteiger partial charge in [-0.25, -0.2) is 4.39 Å². The van der Waals surface area contributed by atoms with E-state index in [2.05, 4.69) is 29.3 Å². The summed E-state index contributed by atoms with van der Waals surface area (Å²) >= 11 is 0. The molecule has 108 valence electrons. The Kier molecular flexibility index (Phi) is 5.24. The van der Waals surface area contributed by atoms with Crippen LogP contribution in [0.15, 0.2) is 28.8 Å².